The number of nitrogen functional groups attached to an aromatic ring is 1. The zero-order valence-electron chi connectivity index (χ0n) is 10.6. The molecule has 3 rings (SSSR count). The average Bonchev–Trinajstić information content (AvgIpc) is 3.09. The number of hydrogen-bond donors (Lipinski definition) is 2. The summed E-state index contributed by atoms with van der Waals surface area (Å²) in [7, 11) is 3.86. The van der Waals surface area contributed by atoms with Gasteiger partial charge in [-0.25, -0.2) is 0 Å². The molecular weight excluding hydrogens is 226 g/mol. The Labute approximate surface area is 106 Å². The maximum Gasteiger partial charge on any atom is 0.224 e. The normalized spacial score (nSPS) is 16.6. The van der Waals surface area contributed by atoms with E-state index in [4.69, 9.17) is 5.73 Å². The molecule has 1 aliphatic carbocycles. The van der Waals surface area contributed by atoms with E-state index in [0.29, 0.717) is 0 Å². The third-order valence-electron chi connectivity index (χ3n) is 3.74. The van der Waals surface area contributed by atoms with Crippen LogP contribution >= 0.6 is 0 Å². The summed E-state index contributed by atoms with van der Waals surface area (Å²) in [6, 6.07) is 8.08. The first-order valence-corrected chi connectivity index (χ1v) is 6.11. The second-order valence-electron chi connectivity index (χ2n) is 4.86. The summed E-state index contributed by atoms with van der Waals surface area (Å²) >= 11 is 0. The minimum absolute atomic E-state index is 0.0323. The van der Waals surface area contributed by atoms with Gasteiger partial charge in [0, 0.05) is 19.8 Å². The zero-order chi connectivity index (χ0) is 12.8. The fourth-order valence-electron chi connectivity index (χ4n) is 2.53. The smallest absolute Gasteiger partial charge is 0.224 e. The van der Waals surface area contributed by atoms with Crippen molar-refractivity contribution < 1.29 is 0 Å². The van der Waals surface area contributed by atoms with Crippen LogP contribution in [0.5, 0.6) is 0 Å². The third kappa shape index (κ3) is 1.47. The lowest BCUT2D eigenvalue weighted by atomic mass is 9.95. The highest BCUT2D eigenvalue weighted by atomic mass is 15.3. The number of nitrogens with zero attached hydrogens (tertiary/aromatic N) is 3. The van der Waals surface area contributed by atoms with Crippen LogP contribution in [0.25, 0.3) is 0 Å². The molecule has 2 aromatic rings. The molecule has 0 bridgehead atoms. The van der Waals surface area contributed by atoms with E-state index in [2.05, 4.69) is 27.6 Å². The first-order valence-electron chi connectivity index (χ1n) is 6.11. The average molecular weight is 243 g/mol. The largest absolute Gasteiger partial charge is 0.399 e. The SMILES string of the molecule is CNc1nnc(C2(c3ccc(N)cc3)CC2)n1C. The Kier molecular flexibility index (Phi) is 2.29. The van der Waals surface area contributed by atoms with Gasteiger partial charge in [-0.05, 0) is 30.5 Å². The molecular formula is C13H17N5. The van der Waals surface area contributed by atoms with Crippen LogP contribution in [0.1, 0.15) is 24.2 Å². The molecule has 5 heteroatoms. The molecule has 1 heterocycles. The van der Waals surface area contributed by atoms with E-state index < -0.39 is 0 Å². The molecule has 0 amide bonds. The first-order chi connectivity index (χ1) is 8.67. The summed E-state index contributed by atoms with van der Waals surface area (Å²) in [4.78, 5) is 0. The number of nitrogens with two attached hydrogens (primary N) is 1. The first kappa shape index (κ1) is 11.1. The highest BCUT2D eigenvalue weighted by Crippen LogP contribution is 2.52. The third-order valence-corrected chi connectivity index (χ3v) is 3.74. The fourth-order valence-corrected chi connectivity index (χ4v) is 2.53. The zero-order valence-corrected chi connectivity index (χ0v) is 10.6. The molecule has 1 fully saturated rings. The molecule has 18 heavy (non-hydrogen) atoms. The Morgan fingerprint density at radius 3 is 2.39 bits per heavy atom. The van der Waals surface area contributed by atoms with Crippen molar-refractivity contribution in [3.05, 3.63) is 35.7 Å². The summed E-state index contributed by atoms with van der Waals surface area (Å²) < 4.78 is 2.03. The number of hydrogen-bond acceptors (Lipinski definition) is 4. The Morgan fingerprint density at radius 1 is 1.22 bits per heavy atom. The summed E-state index contributed by atoms with van der Waals surface area (Å²) in [6.07, 6.45) is 2.24. The summed E-state index contributed by atoms with van der Waals surface area (Å²) in [5, 5.41) is 11.5. The van der Waals surface area contributed by atoms with Crippen molar-refractivity contribution in [1.82, 2.24) is 14.8 Å². The number of aromatic nitrogens is 3. The molecule has 0 unspecified atom stereocenters. The highest BCUT2D eigenvalue weighted by molar-refractivity contribution is 5.47. The van der Waals surface area contributed by atoms with Gasteiger partial charge in [-0.2, -0.15) is 0 Å². The molecule has 0 radical (unpaired) electrons. The second-order valence-corrected chi connectivity index (χ2v) is 4.86. The highest BCUT2D eigenvalue weighted by Gasteiger charge is 2.49. The van der Waals surface area contributed by atoms with Gasteiger partial charge in [-0.1, -0.05) is 12.1 Å². The van der Waals surface area contributed by atoms with Gasteiger partial charge in [0.15, 0.2) is 0 Å². The van der Waals surface area contributed by atoms with Crippen LogP contribution in [0.3, 0.4) is 0 Å². The summed E-state index contributed by atoms with van der Waals surface area (Å²) in [6.45, 7) is 0. The van der Waals surface area contributed by atoms with Crippen LogP contribution < -0.4 is 11.1 Å². The number of rotatable bonds is 3. The van der Waals surface area contributed by atoms with E-state index in [1.54, 1.807) is 0 Å². The predicted octanol–water partition coefficient (Wildman–Crippen LogP) is 1.52. The summed E-state index contributed by atoms with van der Waals surface area (Å²) in [5.74, 6) is 1.82. The lowest BCUT2D eigenvalue weighted by Crippen LogP contribution is -2.15. The molecule has 0 aliphatic heterocycles. The number of anilines is 2. The Hall–Kier alpha value is -2.04. The van der Waals surface area contributed by atoms with E-state index >= 15 is 0 Å². The van der Waals surface area contributed by atoms with E-state index in [0.717, 1.165) is 30.3 Å². The van der Waals surface area contributed by atoms with Gasteiger partial charge in [-0.15, -0.1) is 10.2 Å². The van der Waals surface area contributed by atoms with E-state index in [1.165, 1.54) is 5.56 Å². The Bertz CT molecular complexity index is 566. The molecule has 1 aromatic carbocycles. The van der Waals surface area contributed by atoms with Crippen LogP contribution in [0.15, 0.2) is 24.3 Å². The number of nitrogens with one attached hydrogen (secondary N) is 1. The van der Waals surface area contributed by atoms with Crippen LogP contribution in [0, 0.1) is 0 Å². The van der Waals surface area contributed by atoms with Gasteiger partial charge < -0.3 is 11.1 Å². The van der Waals surface area contributed by atoms with Gasteiger partial charge in [0.1, 0.15) is 5.82 Å². The van der Waals surface area contributed by atoms with Crippen molar-refractivity contribution >= 4 is 11.6 Å². The van der Waals surface area contributed by atoms with Crippen molar-refractivity contribution in [1.29, 1.82) is 0 Å². The molecule has 0 atom stereocenters. The van der Waals surface area contributed by atoms with Gasteiger partial charge >= 0.3 is 0 Å². The van der Waals surface area contributed by atoms with Crippen molar-refractivity contribution in [3.8, 4) is 0 Å². The van der Waals surface area contributed by atoms with Crippen LogP contribution in [-0.2, 0) is 12.5 Å². The molecule has 5 nitrogen and oxygen atoms in total. The van der Waals surface area contributed by atoms with Crippen molar-refractivity contribution in [2.24, 2.45) is 7.05 Å². The van der Waals surface area contributed by atoms with Gasteiger partial charge in [0.2, 0.25) is 5.95 Å². The van der Waals surface area contributed by atoms with Gasteiger partial charge in [0.25, 0.3) is 0 Å². The monoisotopic (exact) mass is 243 g/mol. The molecule has 1 aromatic heterocycles. The van der Waals surface area contributed by atoms with E-state index in [9.17, 15) is 0 Å². The van der Waals surface area contributed by atoms with E-state index in [1.807, 2.05) is 30.8 Å². The molecule has 1 aliphatic rings. The fraction of sp³-hybridized carbons (Fsp3) is 0.385. The van der Waals surface area contributed by atoms with Crippen LogP contribution in [0.4, 0.5) is 11.6 Å². The van der Waals surface area contributed by atoms with Crippen molar-refractivity contribution in [2.45, 2.75) is 18.3 Å². The molecule has 0 spiro atoms. The maximum absolute atomic E-state index is 5.74. The van der Waals surface area contributed by atoms with Gasteiger partial charge in [-0.3, -0.25) is 4.57 Å². The minimum Gasteiger partial charge on any atom is -0.399 e. The quantitative estimate of drug-likeness (QED) is 0.802. The second kappa shape index (κ2) is 3.73. The van der Waals surface area contributed by atoms with Gasteiger partial charge in [0.05, 0.1) is 5.41 Å². The summed E-state index contributed by atoms with van der Waals surface area (Å²) in [5.41, 5.74) is 7.84. The topological polar surface area (TPSA) is 68.8 Å². The predicted molar refractivity (Wildman–Crippen MR) is 71.4 cm³/mol. The van der Waals surface area contributed by atoms with Crippen molar-refractivity contribution in [3.63, 3.8) is 0 Å². The Balaban J connectivity index is 2.04. The van der Waals surface area contributed by atoms with Crippen LogP contribution in [0.2, 0.25) is 0 Å². The molecule has 0 saturated heterocycles. The molecule has 94 valence electrons. The van der Waals surface area contributed by atoms with Crippen molar-refractivity contribution in [2.75, 3.05) is 18.1 Å². The molecule has 1 saturated carbocycles. The standard InChI is InChI=1S/C13H17N5/c1-15-12-17-16-11(18(12)2)13(7-8-13)9-3-5-10(14)6-4-9/h3-6H,7-8,14H2,1-2H3,(H,15,17). The Morgan fingerprint density at radius 2 is 1.89 bits per heavy atom. The lowest BCUT2D eigenvalue weighted by Gasteiger charge is -2.15. The lowest BCUT2D eigenvalue weighted by molar-refractivity contribution is 0.694. The van der Waals surface area contributed by atoms with E-state index in [-0.39, 0.29) is 5.41 Å². The maximum atomic E-state index is 5.74. The minimum atomic E-state index is 0.0323. The molecule has 3 N–H and O–H groups in total. The number of benzene rings is 1. The van der Waals surface area contributed by atoms with Crippen LogP contribution in [-0.4, -0.2) is 21.8 Å².